The molecule has 5 nitrogen and oxygen atoms in total. The predicted molar refractivity (Wildman–Crippen MR) is 71.0 cm³/mol. The van der Waals surface area contributed by atoms with E-state index >= 15 is 0 Å². The zero-order valence-corrected chi connectivity index (χ0v) is 12.4. The van der Waals surface area contributed by atoms with Crippen molar-refractivity contribution in [1.29, 1.82) is 0 Å². The first-order valence-corrected chi connectivity index (χ1v) is 6.95. The van der Waals surface area contributed by atoms with Crippen molar-refractivity contribution < 1.29 is 19.4 Å². The van der Waals surface area contributed by atoms with Crippen LogP contribution < -0.4 is 0 Å². The largest absolute Gasteiger partial charge is 0.444 e. The van der Waals surface area contributed by atoms with Gasteiger partial charge in [-0.05, 0) is 40.5 Å². The number of carbonyl (C=O) groups excluding carboxylic acids is 1. The number of piperidine rings is 1. The molecular weight excluding hydrogens is 246 g/mol. The van der Waals surface area contributed by atoms with Crippen molar-refractivity contribution in [3.05, 3.63) is 0 Å². The summed E-state index contributed by atoms with van der Waals surface area (Å²) in [4.78, 5) is 13.7. The minimum atomic E-state index is -0.728. The van der Waals surface area contributed by atoms with Gasteiger partial charge in [0.05, 0.1) is 17.8 Å². The summed E-state index contributed by atoms with van der Waals surface area (Å²) < 4.78 is 11.2. The van der Waals surface area contributed by atoms with E-state index in [-0.39, 0.29) is 11.7 Å². The SMILES string of the molecule is CC(C)(C)OC(=O)N1CCC2(CC1)C[C@@](C)(O)CO2. The lowest BCUT2D eigenvalue weighted by Gasteiger charge is -2.39. The molecule has 0 aromatic carbocycles. The quantitative estimate of drug-likeness (QED) is 0.731. The molecule has 0 unspecified atom stereocenters. The zero-order valence-electron chi connectivity index (χ0n) is 12.4. The molecule has 1 amide bonds. The summed E-state index contributed by atoms with van der Waals surface area (Å²) >= 11 is 0. The van der Waals surface area contributed by atoms with Gasteiger partial charge < -0.3 is 19.5 Å². The molecule has 0 bridgehead atoms. The third-order valence-corrected chi connectivity index (χ3v) is 3.72. The van der Waals surface area contributed by atoms with E-state index in [2.05, 4.69) is 0 Å². The van der Waals surface area contributed by atoms with Gasteiger partial charge in [0.15, 0.2) is 0 Å². The minimum Gasteiger partial charge on any atom is -0.444 e. The van der Waals surface area contributed by atoms with E-state index in [4.69, 9.17) is 9.47 Å². The van der Waals surface area contributed by atoms with Gasteiger partial charge in [0.2, 0.25) is 0 Å². The number of nitrogens with zero attached hydrogens (tertiary/aromatic N) is 1. The summed E-state index contributed by atoms with van der Waals surface area (Å²) in [6.45, 7) is 9.06. The van der Waals surface area contributed by atoms with E-state index in [1.54, 1.807) is 4.90 Å². The second kappa shape index (κ2) is 4.63. The van der Waals surface area contributed by atoms with Crippen molar-refractivity contribution in [2.45, 2.75) is 63.8 Å². The fraction of sp³-hybridized carbons (Fsp3) is 0.929. The van der Waals surface area contributed by atoms with E-state index in [1.165, 1.54) is 0 Å². The second-order valence-corrected chi connectivity index (χ2v) is 7.11. The lowest BCUT2D eigenvalue weighted by molar-refractivity contribution is -0.0505. The molecular formula is C14H25NO4. The first kappa shape index (κ1) is 14.6. The van der Waals surface area contributed by atoms with Crippen LogP contribution in [0, 0.1) is 0 Å². The second-order valence-electron chi connectivity index (χ2n) is 7.11. The maximum atomic E-state index is 12.0. The van der Waals surface area contributed by atoms with E-state index in [0.29, 0.717) is 26.1 Å². The highest BCUT2D eigenvalue weighted by atomic mass is 16.6. The Labute approximate surface area is 114 Å². The van der Waals surface area contributed by atoms with Gasteiger partial charge in [-0.3, -0.25) is 0 Å². The number of likely N-dealkylation sites (tertiary alicyclic amines) is 1. The van der Waals surface area contributed by atoms with Crippen molar-refractivity contribution in [3.63, 3.8) is 0 Å². The molecule has 2 heterocycles. The molecule has 1 atom stereocenters. The molecule has 0 aromatic heterocycles. The maximum absolute atomic E-state index is 12.0. The molecule has 19 heavy (non-hydrogen) atoms. The Hall–Kier alpha value is -0.810. The molecule has 2 saturated heterocycles. The van der Waals surface area contributed by atoms with Gasteiger partial charge in [-0.15, -0.1) is 0 Å². The summed E-state index contributed by atoms with van der Waals surface area (Å²) in [6, 6.07) is 0. The number of amides is 1. The molecule has 1 N–H and O–H groups in total. The number of carbonyl (C=O) groups is 1. The van der Waals surface area contributed by atoms with Crippen LogP contribution in [-0.4, -0.2) is 52.6 Å². The third kappa shape index (κ3) is 3.60. The van der Waals surface area contributed by atoms with Crippen LogP contribution >= 0.6 is 0 Å². The van der Waals surface area contributed by atoms with Crippen LogP contribution in [0.5, 0.6) is 0 Å². The van der Waals surface area contributed by atoms with Gasteiger partial charge in [0, 0.05) is 19.5 Å². The topological polar surface area (TPSA) is 59.0 Å². The Morgan fingerprint density at radius 2 is 1.89 bits per heavy atom. The molecule has 110 valence electrons. The van der Waals surface area contributed by atoms with Crippen molar-refractivity contribution in [1.82, 2.24) is 4.90 Å². The summed E-state index contributed by atoms with van der Waals surface area (Å²) in [5.41, 5.74) is -1.43. The predicted octanol–water partition coefficient (Wildman–Crippen LogP) is 1.93. The van der Waals surface area contributed by atoms with Crippen molar-refractivity contribution >= 4 is 6.09 Å². The zero-order chi connectivity index (χ0) is 14.3. The van der Waals surface area contributed by atoms with Crippen molar-refractivity contribution in [2.75, 3.05) is 19.7 Å². The highest BCUT2D eigenvalue weighted by Gasteiger charge is 2.48. The van der Waals surface area contributed by atoms with Crippen LogP contribution in [-0.2, 0) is 9.47 Å². The average Bonchev–Trinajstić information content (AvgIpc) is 2.53. The average molecular weight is 271 g/mol. The number of rotatable bonds is 0. The normalized spacial score (nSPS) is 30.7. The van der Waals surface area contributed by atoms with Crippen LogP contribution in [0.15, 0.2) is 0 Å². The van der Waals surface area contributed by atoms with Gasteiger partial charge in [-0.2, -0.15) is 0 Å². The van der Waals surface area contributed by atoms with E-state index < -0.39 is 11.2 Å². The molecule has 0 radical (unpaired) electrons. The third-order valence-electron chi connectivity index (χ3n) is 3.72. The smallest absolute Gasteiger partial charge is 0.410 e. The highest BCUT2D eigenvalue weighted by molar-refractivity contribution is 5.68. The first-order valence-electron chi connectivity index (χ1n) is 6.95. The number of ether oxygens (including phenoxy) is 2. The van der Waals surface area contributed by atoms with E-state index in [9.17, 15) is 9.90 Å². The summed E-state index contributed by atoms with van der Waals surface area (Å²) in [6.07, 6.45) is 1.93. The standard InChI is InChI=1S/C14H25NO4/c1-12(2,3)19-11(16)15-7-5-14(6-8-15)9-13(4,17)10-18-14/h17H,5-10H2,1-4H3/t13-/m1/s1. The number of hydrogen-bond donors (Lipinski definition) is 1. The van der Waals surface area contributed by atoms with Gasteiger partial charge in [-0.1, -0.05) is 0 Å². The molecule has 2 fully saturated rings. The Morgan fingerprint density at radius 1 is 1.32 bits per heavy atom. The van der Waals surface area contributed by atoms with Gasteiger partial charge >= 0.3 is 6.09 Å². The fourth-order valence-electron chi connectivity index (χ4n) is 2.85. The van der Waals surface area contributed by atoms with Crippen LogP contribution in [0.1, 0.15) is 47.0 Å². The molecule has 0 saturated carbocycles. The van der Waals surface area contributed by atoms with Crippen LogP contribution in [0.4, 0.5) is 4.79 Å². The van der Waals surface area contributed by atoms with Gasteiger partial charge in [0.1, 0.15) is 5.60 Å². The van der Waals surface area contributed by atoms with E-state index in [1.807, 2.05) is 27.7 Å². The highest BCUT2D eigenvalue weighted by Crippen LogP contribution is 2.40. The summed E-state index contributed by atoms with van der Waals surface area (Å²) in [5.74, 6) is 0. The Bertz CT molecular complexity index is 351. The maximum Gasteiger partial charge on any atom is 0.410 e. The molecule has 0 aliphatic carbocycles. The molecule has 2 rings (SSSR count). The molecule has 0 aromatic rings. The summed E-state index contributed by atoms with van der Waals surface area (Å²) in [5, 5.41) is 10.0. The van der Waals surface area contributed by atoms with Crippen LogP contribution in [0.2, 0.25) is 0 Å². The van der Waals surface area contributed by atoms with Crippen molar-refractivity contribution in [2.24, 2.45) is 0 Å². The minimum absolute atomic E-state index is 0.248. The van der Waals surface area contributed by atoms with Crippen LogP contribution in [0.25, 0.3) is 0 Å². The molecule has 5 heteroatoms. The number of hydrogen-bond acceptors (Lipinski definition) is 4. The Balaban J connectivity index is 1.88. The summed E-state index contributed by atoms with van der Waals surface area (Å²) in [7, 11) is 0. The monoisotopic (exact) mass is 271 g/mol. The van der Waals surface area contributed by atoms with Crippen molar-refractivity contribution in [3.8, 4) is 0 Å². The lowest BCUT2D eigenvalue weighted by atomic mass is 9.84. The van der Waals surface area contributed by atoms with E-state index in [0.717, 1.165) is 12.8 Å². The van der Waals surface area contributed by atoms with Crippen LogP contribution in [0.3, 0.4) is 0 Å². The Morgan fingerprint density at radius 3 is 2.32 bits per heavy atom. The fourth-order valence-corrected chi connectivity index (χ4v) is 2.85. The number of aliphatic hydroxyl groups is 1. The molecule has 1 spiro atoms. The van der Waals surface area contributed by atoms with Gasteiger partial charge in [-0.25, -0.2) is 4.79 Å². The molecule has 2 aliphatic rings. The Kier molecular flexibility index (Phi) is 3.56. The first-order chi connectivity index (χ1) is 8.61. The molecule has 2 aliphatic heterocycles. The van der Waals surface area contributed by atoms with Gasteiger partial charge in [0.25, 0.3) is 0 Å². The lowest BCUT2D eigenvalue weighted by Crippen LogP contribution is -2.48.